The number of phenols is 1. The number of rotatable bonds is 1. The summed E-state index contributed by atoms with van der Waals surface area (Å²) in [5.74, 6) is 0.697. The highest BCUT2D eigenvalue weighted by Gasteiger charge is 2.09. The average molecular weight is 224 g/mol. The van der Waals surface area contributed by atoms with Gasteiger partial charge in [-0.25, -0.2) is 0 Å². The molecule has 0 unspecified atom stereocenters. The lowest BCUT2D eigenvalue weighted by atomic mass is 10.1. The predicted octanol–water partition coefficient (Wildman–Crippen LogP) is 2.03. The van der Waals surface area contributed by atoms with E-state index >= 15 is 0 Å². The van der Waals surface area contributed by atoms with Crippen LogP contribution in [-0.2, 0) is 7.05 Å². The smallest absolute Gasteiger partial charge is 0.121 e. The molecule has 0 saturated carbocycles. The number of benzene rings is 1. The number of anilines is 1. The number of hydrogen-bond acceptors (Lipinski definition) is 3. The molecule has 0 atom stereocenters. The van der Waals surface area contributed by atoms with Crippen molar-refractivity contribution in [2.24, 2.45) is 7.05 Å². The first-order valence-corrected chi connectivity index (χ1v) is 4.74. The van der Waals surface area contributed by atoms with Gasteiger partial charge in [-0.2, -0.15) is 5.10 Å². The maximum absolute atomic E-state index is 9.35. The summed E-state index contributed by atoms with van der Waals surface area (Å²) in [5.41, 5.74) is 6.98. The van der Waals surface area contributed by atoms with Gasteiger partial charge >= 0.3 is 0 Å². The van der Waals surface area contributed by atoms with Crippen LogP contribution < -0.4 is 5.73 Å². The summed E-state index contributed by atoms with van der Waals surface area (Å²) in [5, 5.41) is 14.1. The molecule has 2 aromatic rings. The normalized spacial score (nSPS) is 10.5. The highest BCUT2D eigenvalue weighted by Crippen LogP contribution is 2.30. The van der Waals surface area contributed by atoms with Crippen molar-refractivity contribution in [3.63, 3.8) is 0 Å². The first-order chi connectivity index (χ1) is 7.08. The molecule has 1 heterocycles. The van der Waals surface area contributed by atoms with E-state index in [-0.39, 0.29) is 5.75 Å². The highest BCUT2D eigenvalue weighted by atomic mass is 35.5. The third-order valence-corrected chi connectivity index (χ3v) is 2.47. The second-order valence-electron chi connectivity index (χ2n) is 3.24. The summed E-state index contributed by atoms with van der Waals surface area (Å²) >= 11 is 5.99. The van der Waals surface area contributed by atoms with Gasteiger partial charge in [-0.3, -0.25) is 4.68 Å². The van der Waals surface area contributed by atoms with Crippen LogP contribution in [0.15, 0.2) is 24.3 Å². The van der Waals surface area contributed by atoms with Gasteiger partial charge in [0, 0.05) is 18.7 Å². The third-order valence-electron chi connectivity index (χ3n) is 2.14. The van der Waals surface area contributed by atoms with Crippen LogP contribution >= 0.6 is 11.6 Å². The predicted molar refractivity (Wildman–Crippen MR) is 59.7 cm³/mol. The zero-order valence-electron chi connectivity index (χ0n) is 8.11. The van der Waals surface area contributed by atoms with E-state index in [9.17, 15) is 5.11 Å². The fourth-order valence-electron chi connectivity index (χ4n) is 1.32. The van der Waals surface area contributed by atoms with Crippen molar-refractivity contribution < 1.29 is 5.11 Å². The van der Waals surface area contributed by atoms with Crippen molar-refractivity contribution in [3.05, 3.63) is 29.3 Å². The molecule has 0 fully saturated rings. The van der Waals surface area contributed by atoms with Crippen LogP contribution in [0.1, 0.15) is 0 Å². The van der Waals surface area contributed by atoms with Crippen molar-refractivity contribution in [1.29, 1.82) is 0 Å². The fraction of sp³-hybridized carbons (Fsp3) is 0.100. The summed E-state index contributed by atoms with van der Waals surface area (Å²) in [4.78, 5) is 0. The molecule has 4 nitrogen and oxygen atoms in total. The standard InChI is InChI=1S/C10H10ClN3O/c1-14-10(12)5-9(13-14)7-4-6(15)2-3-8(7)11/h2-5,15H,12H2,1H3. The third kappa shape index (κ3) is 1.76. The maximum atomic E-state index is 9.35. The Labute approximate surface area is 91.9 Å². The van der Waals surface area contributed by atoms with Crippen LogP contribution in [0.3, 0.4) is 0 Å². The number of nitrogens with zero attached hydrogens (tertiary/aromatic N) is 2. The maximum Gasteiger partial charge on any atom is 0.121 e. The van der Waals surface area contributed by atoms with E-state index in [1.807, 2.05) is 0 Å². The van der Waals surface area contributed by atoms with Gasteiger partial charge in [-0.05, 0) is 18.2 Å². The van der Waals surface area contributed by atoms with Crippen LogP contribution in [0.25, 0.3) is 11.3 Å². The molecule has 78 valence electrons. The van der Waals surface area contributed by atoms with Crippen LogP contribution in [0, 0.1) is 0 Å². The lowest BCUT2D eigenvalue weighted by Gasteiger charge is -2.00. The number of hydrogen-bond donors (Lipinski definition) is 2. The molecule has 0 aliphatic carbocycles. The molecule has 0 amide bonds. The van der Waals surface area contributed by atoms with E-state index in [2.05, 4.69) is 5.10 Å². The fourth-order valence-corrected chi connectivity index (χ4v) is 1.54. The molecular weight excluding hydrogens is 214 g/mol. The molecule has 1 aromatic heterocycles. The van der Waals surface area contributed by atoms with Gasteiger partial charge in [0.2, 0.25) is 0 Å². The van der Waals surface area contributed by atoms with Crippen LogP contribution in [0.5, 0.6) is 5.75 Å². The molecule has 0 aliphatic heterocycles. The van der Waals surface area contributed by atoms with Gasteiger partial charge < -0.3 is 10.8 Å². The summed E-state index contributed by atoms with van der Waals surface area (Å²) in [6.45, 7) is 0. The van der Waals surface area contributed by atoms with Crippen LogP contribution in [0.4, 0.5) is 5.82 Å². The SMILES string of the molecule is Cn1nc(-c2cc(O)ccc2Cl)cc1N. The van der Waals surface area contributed by atoms with Crippen molar-refractivity contribution in [1.82, 2.24) is 9.78 Å². The van der Waals surface area contributed by atoms with Crippen molar-refractivity contribution in [2.75, 3.05) is 5.73 Å². The minimum atomic E-state index is 0.152. The zero-order chi connectivity index (χ0) is 11.0. The Morgan fingerprint density at radius 1 is 1.40 bits per heavy atom. The van der Waals surface area contributed by atoms with Gasteiger partial charge in [-0.1, -0.05) is 11.6 Å². The van der Waals surface area contributed by atoms with E-state index in [1.165, 1.54) is 6.07 Å². The van der Waals surface area contributed by atoms with E-state index in [1.54, 1.807) is 29.9 Å². The zero-order valence-corrected chi connectivity index (χ0v) is 8.86. The molecule has 0 saturated heterocycles. The molecule has 0 spiro atoms. The van der Waals surface area contributed by atoms with Gasteiger partial charge in [0.1, 0.15) is 11.6 Å². The number of nitrogens with two attached hydrogens (primary N) is 1. The Balaban J connectivity index is 2.58. The topological polar surface area (TPSA) is 64.1 Å². The number of aromatic hydroxyl groups is 1. The summed E-state index contributed by atoms with van der Waals surface area (Å²) in [6.07, 6.45) is 0. The Kier molecular flexibility index (Phi) is 2.28. The number of nitrogen functional groups attached to an aromatic ring is 1. The van der Waals surface area contributed by atoms with E-state index in [4.69, 9.17) is 17.3 Å². The summed E-state index contributed by atoms with van der Waals surface area (Å²) in [7, 11) is 1.75. The summed E-state index contributed by atoms with van der Waals surface area (Å²) < 4.78 is 1.55. The molecule has 5 heteroatoms. The number of aryl methyl sites for hydroxylation is 1. The van der Waals surface area contributed by atoms with Crippen molar-refractivity contribution in [2.45, 2.75) is 0 Å². The number of halogens is 1. The van der Waals surface area contributed by atoms with E-state index in [0.29, 0.717) is 22.1 Å². The molecular formula is C10H10ClN3O. The minimum Gasteiger partial charge on any atom is -0.508 e. The average Bonchev–Trinajstić information content (AvgIpc) is 2.51. The second-order valence-corrected chi connectivity index (χ2v) is 3.65. The summed E-state index contributed by atoms with van der Waals surface area (Å²) in [6, 6.07) is 6.42. The Morgan fingerprint density at radius 2 is 2.13 bits per heavy atom. The molecule has 0 aliphatic rings. The number of phenolic OH excluding ortho intramolecular Hbond substituents is 1. The minimum absolute atomic E-state index is 0.152. The van der Waals surface area contributed by atoms with Crippen molar-refractivity contribution in [3.8, 4) is 17.0 Å². The van der Waals surface area contributed by atoms with Gasteiger partial charge in [0.05, 0.1) is 10.7 Å². The van der Waals surface area contributed by atoms with Gasteiger partial charge in [-0.15, -0.1) is 0 Å². The Hall–Kier alpha value is -1.68. The number of aromatic nitrogens is 2. The van der Waals surface area contributed by atoms with E-state index < -0.39 is 0 Å². The highest BCUT2D eigenvalue weighted by molar-refractivity contribution is 6.33. The van der Waals surface area contributed by atoms with Crippen molar-refractivity contribution >= 4 is 17.4 Å². The molecule has 1 aromatic carbocycles. The second kappa shape index (κ2) is 3.47. The lowest BCUT2D eigenvalue weighted by molar-refractivity contribution is 0.475. The van der Waals surface area contributed by atoms with E-state index in [0.717, 1.165) is 0 Å². The Morgan fingerprint density at radius 3 is 2.73 bits per heavy atom. The molecule has 15 heavy (non-hydrogen) atoms. The van der Waals surface area contributed by atoms with Gasteiger partial charge in [0.25, 0.3) is 0 Å². The molecule has 0 bridgehead atoms. The quantitative estimate of drug-likeness (QED) is 0.778. The molecule has 2 rings (SSSR count). The van der Waals surface area contributed by atoms with Crippen LogP contribution in [0.2, 0.25) is 5.02 Å². The molecule has 3 N–H and O–H groups in total. The first kappa shape index (κ1) is 9.86. The monoisotopic (exact) mass is 223 g/mol. The Bertz CT molecular complexity index is 488. The van der Waals surface area contributed by atoms with Gasteiger partial charge in [0.15, 0.2) is 0 Å². The largest absolute Gasteiger partial charge is 0.508 e. The van der Waals surface area contributed by atoms with Crippen LogP contribution in [-0.4, -0.2) is 14.9 Å². The molecule has 0 radical (unpaired) electrons. The lowest BCUT2D eigenvalue weighted by Crippen LogP contribution is -1.96. The first-order valence-electron chi connectivity index (χ1n) is 4.36.